The lowest BCUT2D eigenvalue weighted by Crippen LogP contribution is -2.01. The van der Waals surface area contributed by atoms with E-state index in [4.69, 9.17) is 16.9 Å². The molecular weight excluding hydrogens is 178 g/mol. The van der Waals surface area contributed by atoms with Gasteiger partial charge < -0.3 is 4.57 Å². The van der Waals surface area contributed by atoms with E-state index in [1.54, 1.807) is 0 Å². The maximum Gasteiger partial charge on any atom is 0.203 e. The first-order valence-corrected chi connectivity index (χ1v) is 3.70. The molecule has 0 saturated heterocycles. The number of aromatic nitrogens is 2. The van der Waals surface area contributed by atoms with Crippen molar-refractivity contribution >= 4 is 17.9 Å². The second-order valence-corrected chi connectivity index (χ2v) is 2.47. The van der Waals surface area contributed by atoms with Crippen LogP contribution in [-0.4, -0.2) is 15.8 Å². The third-order valence-electron chi connectivity index (χ3n) is 1.41. The van der Waals surface area contributed by atoms with Gasteiger partial charge in [-0.15, -0.1) is 0 Å². The molecule has 0 saturated carbocycles. The lowest BCUT2D eigenvalue weighted by Gasteiger charge is -2.00. The average Bonchev–Trinajstić information content (AvgIpc) is 2.43. The number of imidazole rings is 1. The van der Waals surface area contributed by atoms with Crippen LogP contribution in [-0.2, 0) is 6.54 Å². The summed E-state index contributed by atoms with van der Waals surface area (Å²) in [4.78, 5) is 14.1. The number of carbonyl (C=O) groups excluding carboxylic acids is 1. The summed E-state index contributed by atoms with van der Waals surface area (Å²) < 4.78 is 1.50. The zero-order chi connectivity index (χ0) is 8.97. The molecular formula is C7H6ClN3O. The van der Waals surface area contributed by atoms with Gasteiger partial charge in [0, 0.05) is 6.54 Å². The summed E-state index contributed by atoms with van der Waals surface area (Å²) >= 11 is 5.64. The van der Waals surface area contributed by atoms with E-state index in [0.717, 1.165) is 0 Å². The summed E-state index contributed by atoms with van der Waals surface area (Å²) in [5.41, 5.74) is 0.398. The van der Waals surface area contributed by atoms with Gasteiger partial charge in [0.15, 0.2) is 6.29 Å². The summed E-state index contributed by atoms with van der Waals surface area (Å²) in [6.45, 7) is 0.406. The minimum Gasteiger partial charge on any atom is -0.311 e. The van der Waals surface area contributed by atoms with Crippen molar-refractivity contribution < 1.29 is 4.79 Å². The summed E-state index contributed by atoms with van der Waals surface area (Å²) in [7, 11) is 0. The molecule has 0 radical (unpaired) electrons. The predicted octanol–water partition coefficient (Wildman–Crippen LogP) is 1.26. The smallest absolute Gasteiger partial charge is 0.203 e. The highest BCUT2D eigenvalue weighted by molar-refractivity contribution is 6.28. The minimum absolute atomic E-state index is 0.243. The second kappa shape index (κ2) is 3.88. The topological polar surface area (TPSA) is 58.7 Å². The number of aldehydes is 1. The predicted molar refractivity (Wildman–Crippen MR) is 42.9 cm³/mol. The molecule has 1 aromatic rings. The number of rotatable bonds is 3. The fraction of sp³-hybridized carbons (Fsp3) is 0.286. The van der Waals surface area contributed by atoms with Crippen LogP contribution in [0, 0.1) is 11.3 Å². The van der Waals surface area contributed by atoms with Crippen molar-refractivity contribution in [2.45, 2.75) is 13.0 Å². The summed E-state index contributed by atoms with van der Waals surface area (Å²) in [5, 5.41) is 8.55. The lowest BCUT2D eigenvalue weighted by atomic mass is 10.4. The van der Waals surface area contributed by atoms with Crippen LogP contribution in [0.3, 0.4) is 0 Å². The van der Waals surface area contributed by atoms with E-state index >= 15 is 0 Å². The SMILES string of the molecule is N#CCCn1c(C=O)cnc1Cl. The summed E-state index contributed by atoms with van der Waals surface area (Å²) in [6.07, 6.45) is 2.36. The molecule has 1 rings (SSSR count). The van der Waals surface area contributed by atoms with E-state index in [0.29, 0.717) is 24.9 Å². The molecule has 0 aromatic carbocycles. The van der Waals surface area contributed by atoms with Crippen LogP contribution in [0.15, 0.2) is 6.20 Å². The van der Waals surface area contributed by atoms with Crippen LogP contribution in [0.4, 0.5) is 0 Å². The molecule has 0 aliphatic heterocycles. The van der Waals surface area contributed by atoms with E-state index in [9.17, 15) is 4.79 Å². The van der Waals surface area contributed by atoms with Crippen molar-refractivity contribution in [3.05, 3.63) is 17.2 Å². The molecule has 0 atom stereocenters. The van der Waals surface area contributed by atoms with E-state index in [1.165, 1.54) is 10.8 Å². The zero-order valence-electron chi connectivity index (χ0n) is 6.20. The molecule has 0 amide bonds. The highest BCUT2D eigenvalue weighted by Gasteiger charge is 2.05. The minimum atomic E-state index is 0.243. The Kier molecular flexibility index (Phi) is 2.83. The van der Waals surface area contributed by atoms with Crippen LogP contribution in [0.25, 0.3) is 0 Å². The first-order chi connectivity index (χ1) is 5.79. The normalized spacial score (nSPS) is 9.33. The highest BCUT2D eigenvalue weighted by atomic mass is 35.5. The van der Waals surface area contributed by atoms with Crippen LogP contribution in [0.2, 0.25) is 5.28 Å². The molecule has 0 bridgehead atoms. The Morgan fingerprint density at radius 2 is 2.58 bits per heavy atom. The maximum absolute atomic E-state index is 10.4. The number of nitriles is 1. The maximum atomic E-state index is 10.4. The van der Waals surface area contributed by atoms with Crippen molar-refractivity contribution in [1.82, 2.24) is 9.55 Å². The molecule has 0 fully saturated rings. The van der Waals surface area contributed by atoms with Crippen LogP contribution in [0.5, 0.6) is 0 Å². The Morgan fingerprint density at radius 3 is 3.17 bits per heavy atom. The quantitative estimate of drug-likeness (QED) is 0.663. The monoisotopic (exact) mass is 183 g/mol. The Hall–Kier alpha value is -1.34. The van der Waals surface area contributed by atoms with Gasteiger partial charge in [-0.3, -0.25) is 4.79 Å². The van der Waals surface area contributed by atoms with E-state index < -0.39 is 0 Å². The number of hydrogen-bond acceptors (Lipinski definition) is 3. The lowest BCUT2D eigenvalue weighted by molar-refractivity contribution is 0.111. The highest BCUT2D eigenvalue weighted by Crippen LogP contribution is 2.09. The van der Waals surface area contributed by atoms with Gasteiger partial charge in [0.1, 0.15) is 5.69 Å². The molecule has 62 valence electrons. The Bertz CT molecular complexity index is 326. The Balaban J connectivity index is 2.88. The van der Waals surface area contributed by atoms with E-state index in [1.807, 2.05) is 6.07 Å². The summed E-state index contributed by atoms with van der Waals surface area (Å²) in [5.74, 6) is 0. The molecule has 0 aliphatic carbocycles. The summed E-state index contributed by atoms with van der Waals surface area (Å²) in [6, 6.07) is 1.96. The molecule has 0 aliphatic rings. The largest absolute Gasteiger partial charge is 0.311 e. The van der Waals surface area contributed by atoms with Gasteiger partial charge in [-0.05, 0) is 11.6 Å². The average molecular weight is 184 g/mol. The Labute approximate surface area is 74.4 Å². The molecule has 0 unspecified atom stereocenters. The number of halogens is 1. The van der Waals surface area contributed by atoms with E-state index in [-0.39, 0.29) is 5.28 Å². The van der Waals surface area contributed by atoms with Crippen molar-refractivity contribution in [3.63, 3.8) is 0 Å². The van der Waals surface area contributed by atoms with Crippen molar-refractivity contribution in [1.29, 1.82) is 5.26 Å². The first-order valence-electron chi connectivity index (χ1n) is 3.32. The first kappa shape index (κ1) is 8.75. The molecule has 0 spiro atoms. The van der Waals surface area contributed by atoms with Crippen LogP contribution < -0.4 is 0 Å². The Morgan fingerprint density at radius 1 is 1.83 bits per heavy atom. The van der Waals surface area contributed by atoms with Gasteiger partial charge in [-0.1, -0.05) is 0 Å². The van der Waals surface area contributed by atoms with Gasteiger partial charge in [-0.25, -0.2) is 4.98 Å². The van der Waals surface area contributed by atoms with Crippen LogP contribution >= 0.6 is 11.6 Å². The van der Waals surface area contributed by atoms with Crippen molar-refractivity contribution in [3.8, 4) is 6.07 Å². The molecule has 1 heterocycles. The standard InChI is InChI=1S/C7H6ClN3O/c8-7-10-4-6(5-12)11(7)3-1-2-9/h4-5H,1,3H2. The molecule has 0 N–H and O–H groups in total. The molecule has 1 aromatic heterocycles. The van der Waals surface area contributed by atoms with E-state index in [2.05, 4.69) is 4.98 Å². The number of hydrogen-bond donors (Lipinski definition) is 0. The van der Waals surface area contributed by atoms with Gasteiger partial charge >= 0.3 is 0 Å². The van der Waals surface area contributed by atoms with Crippen LogP contribution in [0.1, 0.15) is 16.9 Å². The van der Waals surface area contributed by atoms with Crippen molar-refractivity contribution in [2.24, 2.45) is 0 Å². The third kappa shape index (κ3) is 1.63. The second-order valence-electron chi connectivity index (χ2n) is 2.13. The van der Waals surface area contributed by atoms with Gasteiger partial charge in [0.25, 0.3) is 0 Å². The third-order valence-corrected chi connectivity index (χ3v) is 1.71. The van der Waals surface area contributed by atoms with Gasteiger partial charge in [0.05, 0.1) is 18.7 Å². The number of nitrogens with zero attached hydrogens (tertiary/aromatic N) is 3. The van der Waals surface area contributed by atoms with Gasteiger partial charge in [-0.2, -0.15) is 5.26 Å². The molecule has 4 nitrogen and oxygen atoms in total. The zero-order valence-corrected chi connectivity index (χ0v) is 6.95. The van der Waals surface area contributed by atoms with Crippen molar-refractivity contribution in [2.75, 3.05) is 0 Å². The fourth-order valence-electron chi connectivity index (χ4n) is 0.843. The molecule has 12 heavy (non-hydrogen) atoms. The molecule has 5 heteroatoms. The number of carbonyl (C=O) groups is 1. The fourth-order valence-corrected chi connectivity index (χ4v) is 1.07. The van der Waals surface area contributed by atoms with Gasteiger partial charge in [0.2, 0.25) is 5.28 Å².